The maximum absolute atomic E-state index is 8.82. The number of benzene rings is 1. The average Bonchev–Trinajstić information content (AvgIpc) is 2.28. The Kier molecular flexibility index (Phi) is 4.75. The first-order valence-corrected chi connectivity index (χ1v) is 5.51. The zero-order valence-electron chi connectivity index (χ0n) is 10.0. The third-order valence-electron chi connectivity index (χ3n) is 2.40. The highest BCUT2D eigenvalue weighted by atomic mass is 15.1. The molecule has 0 saturated carbocycles. The fraction of sp³-hybridized carbons (Fsp3) is 0.357. The van der Waals surface area contributed by atoms with E-state index in [-0.39, 0.29) is 0 Å². The third-order valence-corrected chi connectivity index (χ3v) is 2.40. The molecule has 0 bridgehead atoms. The van der Waals surface area contributed by atoms with Crippen LogP contribution in [0, 0.1) is 11.3 Å². The fourth-order valence-electron chi connectivity index (χ4n) is 1.66. The molecule has 0 aromatic heterocycles. The summed E-state index contributed by atoms with van der Waals surface area (Å²) in [6, 6.07) is 9.93. The summed E-state index contributed by atoms with van der Waals surface area (Å²) < 4.78 is 0. The van der Waals surface area contributed by atoms with Crippen molar-refractivity contribution in [2.75, 3.05) is 13.1 Å². The smallest absolute Gasteiger partial charge is 0.0991 e. The van der Waals surface area contributed by atoms with Gasteiger partial charge in [-0.1, -0.05) is 31.2 Å². The van der Waals surface area contributed by atoms with Crippen molar-refractivity contribution in [1.82, 2.24) is 4.90 Å². The van der Waals surface area contributed by atoms with E-state index >= 15 is 0 Å². The number of hydrogen-bond donors (Lipinski definition) is 0. The highest BCUT2D eigenvalue weighted by molar-refractivity contribution is 5.32. The molecule has 84 valence electrons. The number of hydrogen-bond acceptors (Lipinski definition) is 2. The molecule has 0 radical (unpaired) electrons. The van der Waals surface area contributed by atoms with Gasteiger partial charge in [0.05, 0.1) is 11.6 Å². The Balaban J connectivity index is 2.70. The van der Waals surface area contributed by atoms with Crippen LogP contribution in [0.25, 0.3) is 0 Å². The lowest BCUT2D eigenvalue weighted by Gasteiger charge is -2.20. The molecule has 0 unspecified atom stereocenters. The molecule has 2 nitrogen and oxygen atoms in total. The topological polar surface area (TPSA) is 27.0 Å². The molecular weight excluding hydrogens is 196 g/mol. The van der Waals surface area contributed by atoms with E-state index in [9.17, 15) is 0 Å². The highest BCUT2D eigenvalue weighted by Gasteiger charge is 2.04. The molecule has 0 spiro atoms. The lowest BCUT2D eigenvalue weighted by molar-refractivity contribution is 0.304. The maximum atomic E-state index is 8.82. The van der Waals surface area contributed by atoms with Crippen molar-refractivity contribution in [3.05, 3.63) is 47.5 Å². The van der Waals surface area contributed by atoms with Crippen LogP contribution in [0.1, 0.15) is 25.0 Å². The van der Waals surface area contributed by atoms with Crippen LogP contribution < -0.4 is 0 Å². The summed E-state index contributed by atoms with van der Waals surface area (Å²) in [6.07, 6.45) is 0. The summed E-state index contributed by atoms with van der Waals surface area (Å²) in [4.78, 5) is 2.30. The molecule has 0 aliphatic rings. The van der Waals surface area contributed by atoms with Crippen molar-refractivity contribution >= 4 is 0 Å². The molecule has 0 amide bonds. The van der Waals surface area contributed by atoms with E-state index in [1.54, 1.807) is 0 Å². The minimum absolute atomic E-state index is 0.726. The van der Waals surface area contributed by atoms with Crippen LogP contribution in [0.5, 0.6) is 0 Å². The predicted molar refractivity (Wildman–Crippen MR) is 66.9 cm³/mol. The van der Waals surface area contributed by atoms with Crippen LogP contribution in [0.4, 0.5) is 0 Å². The van der Waals surface area contributed by atoms with Crippen LogP contribution in [-0.2, 0) is 6.54 Å². The van der Waals surface area contributed by atoms with Gasteiger partial charge >= 0.3 is 0 Å². The summed E-state index contributed by atoms with van der Waals surface area (Å²) in [5.74, 6) is 0. The van der Waals surface area contributed by atoms with Crippen LogP contribution >= 0.6 is 0 Å². The van der Waals surface area contributed by atoms with E-state index in [2.05, 4.69) is 30.5 Å². The molecule has 0 aliphatic heterocycles. The van der Waals surface area contributed by atoms with E-state index in [0.29, 0.717) is 0 Å². The van der Waals surface area contributed by atoms with Crippen molar-refractivity contribution in [2.24, 2.45) is 0 Å². The number of nitriles is 1. The minimum Gasteiger partial charge on any atom is -0.295 e. The molecule has 1 rings (SSSR count). The number of likely N-dealkylation sites (N-methyl/N-ethyl adjacent to an activating group) is 1. The normalized spacial score (nSPS) is 10.1. The van der Waals surface area contributed by atoms with Crippen LogP contribution in [-0.4, -0.2) is 18.0 Å². The zero-order valence-corrected chi connectivity index (χ0v) is 10.0. The van der Waals surface area contributed by atoms with E-state index in [1.807, 2.05) is 25.1 Å². The lowest BCUT2D eigenvalue weighted by Crippen LogP contribution is -2.24. The Morgan fingerprint density at radius 2 is 2.25 bits per heavy atom. The van der Waals surface area contributed by atoms with Crippen molar-refractivity contribution in [1.29, 1.82) is 5.26 Å². The molecule has 0 fully saturated rings. The van der Waals surface area contributed by atoms with E-state index < -0.39 is 0 Å². The van der Waals surface area contributed by atoms with Gasteiger partial charge in [0.15, 0.2) is 0 Å². The molecule has 0 N–H and O–H groups in total. The quantitative estimate of drug-likeness (QED) is 0.705. The van der Waals surface area contributed by atoms with Gasteiger partial charge in [-0.05, 0) is 31.2 Å². The first-order valence-electron chi connectivity index (χ1n) is 5.51. The minimum atomic E-state index is 0.726. The second-order valence-electron chi connectivity index (χ2n) is 4.07. The summed E-state index contributed by atoms with van der Waals surface area (Å²) in [5, 5.41) is 8.82. The fourth-order valence-corrected chi connectivity index (χ4v) is 1.66. The molecule has 0 atom stereocenters. The molecule has 2 heteroatoms. The highest BCUT2D eigenvalue weighted by Crippen LogP contribution is 2.08. The summed E-state index contributed by atoms with van der Waals surface area (Å²) in [7, 11) is 0. The monoisotopic (exact) mass is 214 g/mol. The van der Waals surface area contributed by atoms with Gasteiger partial charge in [0.25, 0.3) is 0 Å². The standard InChI is InChI=1S/C14H18N2/c1-4-16(10-12(2)3)11-14-7-5-6-13(8-14)9-15/h5-8H,2,4,10-11H2,1,3H3. The van der Waals surface area contributed by atoms with Crippen molar-refractivity contribution in [2.45, 2.75) is 20.4 Å². The van der Waals surface area contributed by atoms with Crippen LogP contribution in [0.15, 0.2) is 36.4 Å². The Hall–Kier alpha value is -1.59. The SMILES string of the molecule is C=C(C)CN(CC)Cc1cccc(C#N)c1. The Morgan fingerprint density at radius 1 is 1.50 bits per heavy atom. The third kappa shape index (κ3) is 3.88. The number of nitrogens with zero attached hydrogens (tertiary/aromatic N) is 2. The van der Waals surface area contributed by atoms with Crippen molar-refractivity contribution in [3.63, 3.8) is 0 Å². The molecule has 0 aliphatic carbocycles. The summed E-state index contributed by atoms with van der Waals surface area (Å²) >= 11 is 0. The Labute approximate surface area is 97.8 Å². The molecule has 16 heavy (non-hydrogen) atoms. The van der Waals surface area contributed by atoms with Crippen LogP contribution in [0.3, 0.4) is 0 Å². The molecular formula is C14H18N2. The van der Waals surface area contributed by atoms with Gasteiger partial charge in [0, 0.05) is 13.1 Å². The van der Waals surface area contributed by atoms with Crippen molar-refractivity contribution < 1.29 is 0 Å². The number of rotatable bonds is 5. The van der Waals surface area contributed by atoms with Gasteiger partial charge < -0.3 is 0 Å². The Bertz CT molecular complexity index is 401. The van der Waals surface area contributed by atoms with Gasteiger partial charge in [-0.25, -0.2) is 0 Å². The first-order chi connectivity index (χ1) is 7.65. The van der Waals surface area contributed by atoms with Gasteiger partial charge in [-0.2, -0.15) is 5.26 Å². The Morgan fingerprint density at radius 3 is 2.81 bits per heavy atom. The second-order valence-corrected chi connectivity index (χ2v) is 4.07. The second kappa shape index (κ2) is 6.09. The molecule has 1 aromatic rings. The summed E-state index contributed by atoms with van der Waals surface area (Å²) in [6.45, 7) is 10.9. The molecule has 1 aromatic carbocycles. The predicted octanol–water partition coefficient (Wildman–Crippen LogP) is 2.96. The first kappa shape index (κ1) is 12.5. The zero-order chi connectivity index (χ0) is 12.0. The van der Waals surface area contributed by atoms with E-state index in [0.717, 1.165) is 25.2 Å². The van der Waals surface area contributed by atoms with E-state index in [4.69, 9.17) is 5.26 Å². The van der Waals surface area contributed by atoms with Gasteiger partial charge in [-0.3, -0.25) is 4.90 Å². The van der Waals surface area contributed by atoms with Crippen LogP contribution in [0.2, 0.25) is 0 Å². The molecule has 0 saturated heterocycles. The van der Waals surface area contributed by atoms with Gasteiger partial charge in [0.1, 0.15) is 0 Å². The summed E-state index contributed by atoms with van der Waals surface area (Å²) in [5.41, 5.74) is 3.07. The van der Waals surface area contributed by atoms with E-state index in [1.165, 1.54) is 11.1 Å². The largest absolute Gasteiger partial charge is 0.295 e. The average molecular weight is 214 g/mol. The van der Waals surface area contributed by atoms with Crippen molar-refractivity contribution in [3.8, 4) is 6.07 Å². The molecule has 0 heterocycles. The maximum Gasteiger partial charge on any atom is 0.0991 e. The lowest BCUT2D eigenvalue weighted by atomic mass is 10.1. The van der Waals surface area contributed by atoms with Gasteiger partial charge in [0.2, 0.25) is 0 Å². The van der Waals surface area contributed by atoms with Gasteiger partial charge in [-0.15, -0.1) is 0 Å².